The van der Waals surface area contributed by atoms with Crippen molar-refractivity contribution in [3.05, 3.63) is 11.8 Å². The smallest absolute Gasteiger partial charge is 0.224 e. The highest BCUT2D eigenvalue weighted by Crippen LogP contribution is 2.09. The van der Waals surface area contributed by atoms with Crippen LogP contribution in [0.3, 0.4) is 0 Å². The van der Waals surface area contributed by atoms with Gasteiger partial charge in [0.05, 0.1) is 0 Å². The van der Waals surface area contributed by atoms with Gasteiger partial charge in [-0.2, -0.15) is 4.98 Å². The third-order valence-corrected chi connectivity index (χ3v) is 1.77. The summed E-state index contributed by atoms with van der Waals surface area (Å²) in [5, 5.41) is 6.20. The normalized spacial score (nSPS) is 10.4. The molecule has 0 spiro atoms. The van der Waals surface area contributed by atoms with Gasteiger partial charge in [-0.05, 0) is 12.8 Å². The minimum Gasteiger partial charge on any atom is -0.370 e. The zero-order valence-electron chi connectivity index (χ0n) is 9.26. The summed E-state index contributed by atoms with van der Waals surface area (Å²) in [6.45, 7) is 7.22. The zero-order chi connectivity index (χ0) is 10.6. The van der Waals surface area contributed by atoms with Crippen LogP contribution in [-0.4, -0.2) is 23.6 Å². The fraction of sp³-hybridized carbons (Fsp3) is 0.600. The van der Waals surface area contributed by atoms with E-state index < -0.39 is 0 Å². The second-order valence-electron chi connectivity index (χ2n) is 3.74. The Balaban J connectivity index is 2.71. The monoisotopic (exact) mass is 194 g/mol. The molecule has 0 unspecified atom stereocenters. The van der Waals surface area contributed by atoms with Crippen molar-refractivity contribution < 1.29 is 0 Å². The van der Waals surface area contributed by atoms with Crippen LogP contribution < -0.4 is 10.6 Å². The molecule has 0 bridgehead atoms. The highest BCUT2D eigenvalue weighted by molar-refractivity contribution is 5.41. The number of nitrogens with one attached hydrogen (secondary N) is 2. The van der Waals surface area contributed by atoms with Crippen molar-refractivity contribution in [2.75, 3.05) is 24.2 Å². The Kier molecular flexibility index (Phi) is 3.68. The minimum absolute atomic E-state index is 0.614. The summed E-state index contributed by atoms with van der Waals surface area (Å²) in [6.07, 6.45) is 0. The van der Waals surface area contributed by atoms with Gasteiger partial charge < -0.3 is 10.6 Å². The Morgan fingerprint density at radius 3 is 2.64 bits per heavy atom. The van der Waals surface area contributed by atoms with Gasteiger partial charge in [-0.1, -0.05) is 13.8 Å². The first kappa shape index (κ1) is 10.8. The summed E-state index contributed by atoms with van der Waals surface area (Å²) in [4.78, 5) is 8.51. The van der Waals surface area contributed by atoms with Crippen LogP contribution in [0, 0.1) is 12.8 Å². The van der Waals surface area contributed by atoms with Crippen LogP contribution >= 0.6 is 0 Å². The highest BCUT2D eigenvalue weighted by Gasteiger charge is 2.00. The Hall–Kier alpha value is -1.32. The maximum absolute atomic E-state index is 4.29. The lowest BCUT2D eigenvalue weighted by Gasteiger charge is -2.09. The van der Waals surface area contributed by atoms with Gasteiger partial charge in [0.1, 0.15) is 5.82 Å². The number of aromatic nitrogens is 2. The van der Waals surface area contributed by atoms with Crippen molar-refractivity contribution in [1.82, 2.24) is 9.97 Å². The maximum Gasteiger partial charge on any atom is 0.224 e. The fourth-order valence-electron chi connectivity index (χ4n) is 1.08. The Labute approximate surface area is 85.2 Å². The molecule has 0 aliphatic rings. The molecule has 2 N–H and O–H groups in total. The van der Waals surface area contributed by atoms with Gasteiger partial charge in [0.2, 0.25) is 5.95 Å². The number of hydrogen-bond acceptors (Lipinski definition) is 4. The summed E-state index contributed by atoms with van der Waals surface area (Å²) < 4.78 is 0. The molecule has 1 rings (SSSR count). The van der Waals surface area contributed by atoms with E-state index in [1.807, 2.05) is 20.0 Å². The summed E-state index contributed by atoms with van der Waals surface area (Å²) in [5.74, 6) is 2.16. The van der Waals surface area contributed by atoms with Gasteiger partial charge in [-0.15, -0.1) is 0 Å². The summed E-state index contributed by atoms with van der Waals surface area (Å²) >= 11 is 0. The summed E-state index contributed by atoms with van der Waals surface area (Å²) in [5.41, 5.74) is 0.968. The number of rotatable bonds is 4. The number of nitrogens with zero attached hydrogens (tertiary/aromatic N) is 2. The van der Waals surface area contributed by atoms with Crippen molar-refractivity contribution >= 4 is 11.8 Å². The quantitative estimate of drug-likeness (QED) is 0.768. The second kappa shape index (κ2) is 4.79. The lowest BCUT2D eigenvalue weighted by molar-refractivity contribution is 0.686. The van der Waals surface area contributed by atoms with Gasteiger partial charge in [0, 0.05) is 25.4 Å². The average molecular weight is 194 g/mol. The topological polar surface area (TPSA) is 49.8 Å². The van der Waals surface area contributed by atoms with Gasteiger partial charge in [0.15, 0.2) is 0 Å². The third-order valence-electron chi connectivity index (χ3n) is 1.77. The van der Waals surface area contributed by atoms with Crippen molar-refractivity contribution in [2.24, 2.45) is 5.92 Å². The van der Waals surface area contributed by atoms with Gasteiger partial charge >= 0.3 is 0 Å². The Morgan fingerprint density at radius 2 is 2.07 bits per heavy atom. The molecule has 4 nitrogen and oxygen atoms in total. The molecule has 0 amide bonds. The highest BCUT2D eigenvalue weighted by atomic mass is 15.1. The largest absolute Gasteiger partial charge is 0.370 e. The molecule has 0 aliphatic heterocycles. The van der Waals surface area contributed by atoms with E-state index in [0.717, 1.165) is 18.1 Å². The molecule has 0 saturated heterocycles. The van der Waals surface area contributed by atoms with Crippen molar-refractivity contribution in [1.29, 1.82) is 0 Å². The molecule has 0 radical (unpaired) electrons. The molecule has 78 valence electrons. The first-order valence-corrected chi connectivity index (χ1v) is 4.89. The Bertz CT molecular complexity index is 296. The molecule has 14 heavy (non-hydrogen) atoms. The molecule has 0 saturated carbocycles. The third kappa shape index (κ3) is 3.20. The van der Waals surface area contributed by atoms with E-state index in [4.69, 9.17) is 0 Å². The van der Waals surface area contributed by atoms with Crippen molar-refractivity contribution in [3.63, 3.8) is 0 Å². The minimum atomic E-state index is 0.614. The van der Waals surface area contributed by atoms with Gasteiger partial charge in [0.25, 0.3) is 0 Å². The molecular weight excluding hydrogens is 176 g/mol. The van der Waals surface area contributed by atoms with E-state index in [1.54, 1.807) is 0 Å². The molecule has 1 aromatic rings. The predicted molar refractivity (Wildman–Crippen MR) is 59.6 cm³/mol. The SMILES string of the molecule is CNc1nc(C)cc(NCC(C)C)n1. The van der Waals surface area contributed by atoms with Crippen LogP contribution in [0.5, 0.6) is 0 Å². The van der Waals surface area contributed by atoms with E-state index in [2.05, 4.69) is 34.4 Å². The standard InChI is InChI=1S/C10H18N4/c1-7(2)6-12-9-5-8(3)13-10(11-4)14-9/h5,7H,6H2,1-4H3,(H2,11,12,13,14). The van der Waals surface area contributed by atoms with Crippen LogP contribution in [0.2, 0.25) is 0 Å². The van der Waals surface area contributed by atoms with Crippen molar-refractivity contribution in [2.45, 2.75) is 20.8 Å². The fourth-order valence-corrected chi connectivity index (χ4v) is 1.08. The van der Waals surface area contributed by atoms with E-state index in [0.29, 0.717) is 11.9 Å². The molecule has 1 heterocycles. The first-order valence-electron chi connectivity index (χ1n) is 4.89. The summed E-state index contributed by atoms with van der Waals surface area (Å²) in [7, 11) is 1.82. The molecule has 4 heteroatoms. The molecule has 0 aliphatic carbocycles. The molecular formula is C10H18N4. The van der Waals surface area contributed by atoms with Crippen LogP contribution in [-0.2, 0) is 0 Å². The van der Waals surface area contributed by atoms with Gasteiger partial charge in [-0.3, -0.25) is 0 Å². The number of anilines is 2. The number of aryl methyl sites for hydroxylation is 1. The lowest BCUT2D eigenvalue weighted by Crippen LogP contribution is -2.10. The molecule has 0 aromatic carbocycles. The maximum atomic E-state index is 4.29. The molecule has 0 atom stereocenters. The van der Waals surface area contributed by atoms with Crippen LogP contribution in [0.15, 0.2) is 6.07 Å². The second-order valence-corrected chi connectivity index (χ2v) is 3.74. The van der Waals surface area contributed by atoms with E-state index in [1.165, 1.54) is 0 Å². The zero-order valence-corrected chi connectivity index (χ0v) is 9.26. The number of hydrogen-bond donors (Lipinski definition) is 2. The predicted octanol–water partition coefficient (Wildman–Crippen LogP) is 1.89. The molecule has 1 aromatic heterocycles. The van der Waals surface area contributed by atoms with Crippen LogP contribution in [0.1, 0.15) is 19.5 Å². The summed E-state index contributed by atoms with van der Waals surface area (Å²) in [6, 6.07) is 1.95. The lowest BCUT2D eigenvalue weighted by atomic mass is 10.2. The van der Waals surface area contributed by atoms with Crippen LogP contribution in [0.4, 0.5) is 11.8 Å². The Morgan fingerprint density at radius 1 is 1.36 bits per heavy atom. The van der Waals surface area contributed by atoms with E-state index in [9.17, 15) is 0 Å². The first-order chi connectivity index (χ1) is 6.61. The average Bonchev–Trinajstić information content (AvgIpc) is 2.14. The van der Waals surface area contributed by atoms with Crippen molar-refractivity contribution in [3.8, 4) is 0 Å². The molecule has 0 fully saturated rings. The van der Waals surface area contributed by atoms with Gasteiger partial charge in [-0.25, -0.2) is 4.98 Å². The van der Waals surface area contributed by atoms with E-state index in [-0.39, 0.29) is 0 Å². The van der Waals surface area contributed by atoms with E-state index >= 15 is 0 Å². The van der Waals surface area contributed by atoms with Crippen LogP contribution in [0.25, 0.3) is 0 Å².